The molecule has 26 heavy (non-hydrogen) atoms. The van der Waals surface area contributed by atoms with Crippen molar-refractivity contribution in [2.24, 2.45) is 0 Å². The first-order valence-electron chi connectivity index (χ1n) is 7.49. The van der Waals surface area contributed by atoms with Crippen LogP contribution in [-0.2, 0) is 4.79 Å². The lowest BCUT2D eigenvalue weighted by atomic mass is 10.2. The predicted molar refractivity (Wildman–Crippen MR) is 98.7 cm³/mol. The zero-order valence-electron chi connectivity index (χ0n) is 14.2. The molecule has 132 valence electrons. The van der Waals surface area contributed by atoms with Crippen LogP contribution in [0.15, 0.2) is 42.7 Å². The van der Waals surface area contributed by atoms with Gasteiger partial charge in [-0.1, -0.05) is 12.0 Å². The highest BCUT2D eigenvalue weighted by Gasteiger charge is 2.10. The Bertz CT molecular complexity index is 976. The van der Waals surface area contributed by atoms with Crippen LogP contribution in [0.5, 0.6) is 11.5 Å². The number of rotatable bonds is 3. The molecule has 0 atom stereocenters. The Hall–Kier alpha value is -3.79. The summed E-state index contributed by atoms with van der Waals surface area (Å²) in [5.74, 6) is 2.73. The molecule has 0 amide bonds. The van der Waals surface area contributed by atoms with E-state index < -0.39 is 5.97 Å². The van der Waals surface area contributed by atoms with Crippen molar-refractivity contribution in [3.05, 3.63) is 48.3 Å². The molecule has 0 saturated heterocycles. The predicted octanol–water partition coefficient (Wildman–Crippen LogP) is 3.16. The van der Waals surface area contributed by atoms with E-state index in [0.29, 0.717) is 22.5 Å². The van der Waals surface area contributed by atoms with Gasteiger partial charge in [0, 0.05) is 29.6 Å². The van der Waals surface area contributed by atoms with Crippen LogP contribution >= 0.6 is 0 Å². The fourth-order valence-electron chi connectivity index (χ4n) is 2.16. The van der Waals surface area contributed by atoms with E-state index in [0.717, 1.165) is 18.2 Å². The molecular formula is C19H17N3O4. The Morgan fingerprint density at radius 3 is 2.65 bits per heavy atom. The summed E-state index contributed by atoms with van der Waals surface area (Å²) in [7, 11) is 1.49. The topological polar surface area (TPSA) is 105 Å². The number of aromatic hydroxyl groups is 1. The number of methoxy groups -OCH3 is 1. The van der Waals surface area contributed by atoms with Gasteiger partial charge in [-0.2, -0.15) is 0 Å². The van der Waals surface area contributed by atoms with Crippen LogP contribution in [0.4, 0.5) is 11.5 Å². The highest BCUT2D eigenvalue weighted by molar-refractivity contribution is 5.93. The minimum absolute atomic E-state index is 0.0326. The van der Waals surface area contributed by atoms with Crippen LogP contribution in [0, 0.1) is 12.3 Å². The number of aromatic nitrogens is 2. The number of aliphatic carboxylic acids is 1. The van der Waals surface area contributed by atoms with E-state index in [-0.39, 0.29) is 5.75 Å². The van der Waals surface area contributed by atoms with Crippen molar-refractivity contribution in [1.82, 2.24) is 9.97 Å². The van der Waals surface area contributed by atoms with Crippen molar-refractivity contribution in [2.75, 3.05) is 12.4 Å². The summed E-state index contributed by atoms with van der Waals surface area (Å²) in [6.07, 6.45) is 6.85. The zero-order chi connectivity index (χ0) is 19.1. The molecular weight excluding hydrogens is 334 g/mol. The van der Waals surface area contributed by atoms with Crippen molar-refractivity contribution in [2.45, 2.75) is 6.92 Å². The monoisotopic (exact) mass is 351 g/mol. The van der Waals surface area contributed by atoms with Crippen LogP contribution in [-0.4, -0.2) is 33.3 Å². The standard InChI is InChI=1S/C17H13N3O2.C2H4O2/c1-3-11-5-4-6-12(7-11)20-17-13-8-15(21)16(22-2)9-14(13)18-10-19-17;1-2(3)4/h1,4-10,21H,2H3,(H,18,19,20);1H3,(H,3,4). The maximum Gasteiger partial charge on any atom is 0.300 e. The number of anilines is 2. The summed E-state index contributed by atoms with van der Waals surface area (Å²) < 4.78 is 5.09. The number of ether oxygens (including phenoxy) is 1. The fraction of sp³-hybridized carbons (Fsp3) is 0.105. The highest BCUT2D eigenvalue weighted by Crippen LogP contribution is 2.33. The first-order valence-corrected chi connectivity index (χ1v) is 7.49. The van der Waals surface area contributed by atoms with Crippen LogP contribution in [0.3, 0.4) is 0 Å². The number of carboxylic acids is 1. The average Bonchev–Trinajstić information content (AvgIpc) is 2.61. The molecule has 7 nitrogen and oxygen atoms in total. The van der Waals surface area contributed by atoms with E-state index >= 15 is 0 Å². The normalized spacial score (nSPS) is 9.58. The van der Waals surface area contributed by atoms with Gasteiger partial charge in [0.1, 0.15) is 12.1 Å². The number of hydrogen-bond donors (Lipinski definition) is 3. The van der Waals surface area contributed by atoms with Gasteiger partial charge in [0.05, 0.1) is 12.6 Å². The molecule has 1 aromatic heterocycles. The van der Waals surface area contributed by atoms with Crippen molar-refractivity contribution < 1.29 is 19.7 Å². The second kappa shape index (κ2) is 8.35. The lowest BCUT2D eigenvalue weighted by Crippen LogP contribution is -1.97. The largest absolute Gasteiger partial charge is 0.504 e. The second-order valence-electron chi connectivity index (χ2n) is 5.13. The number of carbonyl (C=O) groups is 1. The Labute approximate surface area is 150 Å². The Morgan fingerprint density at radius 2 is 2.00 bits per heavy atom. The molecule has 3 aromatic rings. The summed E-state index contributed by atoms with van der Waals surface area (Å²) in [6.45, 7) is 1.08. The molecule has 0 aliphatic rings. The fourth-order valence-corrected chi connectivity index (χ4v) is 2.16. The van der Waals surface area contributed by atoms with E-state index in [1.54, 1.807) is 12.1 Å². The first-order chi connectivity index (χ1) is 12.4. The van der Waals surface area contributed by atoms with Gasteiger partial charge < -0.3 is 20.3 Å². The number of hydrogen-bond acceptors (Lipinski definition) is 6. The number of nitrogens with one attached hydrogen (secondary N) is 1. The molecule has 0 saturated carbocycles. The van der Waals surface area contributed by atoms with Crippen molar-refractivity contribution in [3.63, 3.8) is 0 Å². The third-order valence-corrected chi connectivity index (χ3v) is 3.23. The smallest absolute Gasteiger partial charge is 0.300 e. The lowest BCUT2D eigenvalue weighted by molar-refractivity contribution is -0.134. The average molecular weight is 351 g/mol. The van der Waals surface area contributed by atoms with Gasteiger partial charge in [-0.15, -0.1) is 6.42 Å². The highest BCUT2D eigenvalue weighted by atomic mass is 16.5. The lowest BCUT2D eigenvalue weighted by Gasteiger charge is -2.10. The number of carboxylic acid groups (broad SMARTS) is 1. The number of fused-ring (bicyclic) bond motifs is 1. The molecule has 0 unspecified atom stereocenters. The summed E-state index contributed by atoms with van der Waals surface area (Å²) >= 11 is 0. The molecule has 1 heterocycles. The molecule has 3 N–H and O–H groups in total. The minimum Gasteiger partial charge on any atom is -0.504 e. The Morgan fingerprint density at radius 1 is 1.27 bits per heavy atom. The maximum absolute atomic E-state index is 9.95. The molecule has 0 aliphatic carbocycles. The third-order valence-electron chi connectivity index (χ3n) is 3.23. The molecule has 7 heteroatoms. The summed E-state index contributed by atoms with van der Waals surface area (Å²) in [4.78, 5) is 17.4. The number of nitrogens with zero attached hydrogens (tertiary/aromatic N) is 2. The van der Waals surface area contributed by atoms with Gasteiger partial charge in [0.15, 0.2) is 11.5 Å². The molecule has 0 aliphatic heterocycles. The molecule has 2 aromatic carbocycles. The van der Waals surface area contributed by atoms with Gasteiger partial charge in [-0.3, -0.25) is 4.79 Å². The van der Waals surface area contributed by atoms with E-state index in [2.05, 4.69) is 21.2 Å². The van der Waals surface area contributed by atoms with Crippen LogP contribution < -0.4 is 10.1 Å². The van der Waals surface area contributed by atoms with E-state index in [1.165, 1.54) is 13.4 Å². The SMILES string of the molecule is C#Cc1cccc(Nc2ncnc3cc(OC)c(O)cc23)c1.CC(=O)O. The summed E-state index contributed by atoms with van der Waals surface area (Å²) in [5.41, 5.74) is 2.25. The molecule has 0 spiro atoms. The van der Waals surface area contributed by atoms with Crippen molar-refractivity contribution in [3.8, 4) is 23.8 Å². The Balaban J connectivity index is 0.000000552. The van der Waals surface area contributed by atoms with Crippen molar-refractivity contribution >= 4 is 28.4 Å². The molecule has 0 bridgehead atoms. The quantitative estimate of drug-likeness (QED) is 0.623. The van der Waals surface area contributed by atoms with Crippen molar-refractivity contribution in [1.29, 1.82) is 0 Å². The van der Waals surface area contributed by atoms with E-state index in [1.807, 2.05) is 24.3 Å². The van der Waals surface area contributed by atoms with Crippen LogP contribution in [0.2, 0.25) is 0 Å². The maximum atomic E-state index is 9.95. The first kappa shape index (κ1) is 18.5. The molecule has 0 fully saturated rings. The zero-order valence-corrected chi connectivity index (χ0v) is 14.2. The number of phenols is 1. The van der Waals surface area contributed by atoms with Gasteiger partial charge >= 0.3 is 0 Å². The Kier molecular flexibility index (Phi) is 5.96. The van der Waals surface area contributed by atoms with Gasteiger partial charge in [-0.25, -0.2) is 9.97 Å². The van der Waals surface area contributed by atoms with Gasteiger partial charge in [0.25, 0.3) is 5.97 Å². The number of benzene rings is 2. The van der Waals surface area contributed by atoms with Crippen LogP contribution in [0.1, 0.15) is 12.5 Å². The molecule has 0 radical (unpaired) electrons. The minimum atomic E-state index is -0.833. The number of phenolic OH excluding ortho intramolecular Hbond substituents is 1. The summed E-state index contributed by atoms with van der Waals surface area (Å²) in [6, 6.07) is 10.7. The second-order valence-corrected chi connectivity index (χ2v) is 5.13. The summed E-state index contributed by atoms with van der Waals surface area (Å²) in [5, 5.41) is 21.2. The van der Waals surface area contributed by atoms with Crippen LogP contribution in [0.25, 0.3) is 10.9 Å². The molecule has 3 rings (SSSR count). The van der Waals surface area contributed by atoms with E-state index in [9.17, 15) is 5.11 Å². The van der Waals surface area contributed by atoms with Gasteiger partial charge in [-0.05, 0) is 24.3 Å². The van der Waals surface area contributed by atoms with Gasteiger partial charge in [0.2, 0.25) is 0 Å². The van der Waals surface area contributed by atoms with E-state index in [4.69, 9.17) is 21.1 Å². The number of terminal acetylenes is 1. The third kappa shape index (κ3) is 4.61.